The number of amides is 6. The maximum atomic E-state index is 16.2. The van der Waals surface area contributed by atoms with Gasteiger partial charge in [-0.2, -0.15) is 0 Å². The monoisotopic (exact) mass is 1550 g/mol. The number of ether oxygens (including phenoxy) is 8. The number of carbonyl (C=O) groups is 8. The molecule has 0 unspecified atom stereocenters. The van der Waals surface area contributed by atoms with E-state index >= 15 is 19.2 Å². The zero-order chi connectivity index (χ0) is 81.4. The van der Waals surface area contributed by atoms with E-state index in [0.717, 1.165) is 54.3 Å². The molecule has 2 fully saturated rings. The molecule has 0 spiro atoms. The summed E-state index contributed by atoms with van der Waals surface area (Å²) in [7, 11) is 0. The second-order valence-corrected chi connectivity index (χ2v) is 31.9. The van der Waals surface area contributed by atoms with Gasteiger partial charge in [-0.3, -0.25) is 48.4 Å². The van der Waals surface area contributed by atoms with Crippen LogP contribution in [0.1, 0.15) is 179 Å². The molecule has 9 aromatic rings. The van der Waals surface area contributed by atoms with Gasteiger partial charge in [-0.15, -0.1) is 0 Å². The minimum absolute atomic E-state index is 0.0453. The van der Waals surface area contributed by atoms with Crippen molar-refractivity contribution in [3.63, 3.8) is 0 Å². The van der Waals surface area contributed by atoms with Gasteiger partial charge >= 0.3 is 11.9 Å². The van der Waals surface area contributed by atoms with Gasteiger partial charge in [0.1, 0.15) is 72.3 Å². The molecule has 0 aromatic heterocycles. The first-order valence-corrected chi connectivity index (χ1v) is 39.5. The second-order valence-electron chi connectivity index (χ2n) is 31.9. The summed E-state index contributed by atoms with van der Waals surface area (Å²) in [5, 5.41) is 2.40. The minimum Gasteiger partial charge on any atom is -0.460 e. The van der Waals surface area contributed by atoms with Crippen molar-refractivity contribution in [2.75, 3.05) is 118 Å². The fourth-order valence-electron chi connectivity index (χ4n) is 15.5. The molecule has 2 saturated heterocycles. The lowest BCUT2D eigenvalue weighted by atomic mass is 9.80. The molecular formula is C92H102N6O16. The highest BCUT2D eigenvalue weighted by atomic mass is 16.6. The summed E-state index contributed by atoms with van der Waals surface area (Å²) in [5.41, 5.74) is 8.18. The number of piperazine rings is 2. The average molecular weight is 1550 g/mol. The van der Waals surface area contributed by atoms with Crippen molar-refractivity contribution in [1.82, 2.24) is 29.4 Å². The second kappa shape index (κ2) is 34.0. The van der Waals surface area contributed by atoms with E-state index in [1.807, 2.05) is 76.2 Å². The van der Waals surface area contributed by atoms with Crippen molar-refractivity contribution in [2.45, 2.75) is 121 Å². The predicted octanol–water partition coefficient (Wildman–Crippen LogP) is 16.4. The van der Waals surface area contributed by atoms with Crippen molar-refractivity contribution < 1.29 is 76.3 Å². The number of hydrogen-bond donors (Lipinski definition) is 0. The third-order valence-corrected chi connectivity index (χ3v) is 21.7. The van der Waals surface area contributed by atoms with Crippen molar-refractivity contribution in [3.05, 3.63) is 188 Å². The molecule has 0 atom stereocenters. The van der Waals surface area contributed by atoms with Crippen molar-refractivity contribution in [3.8, 4) is 46.0 Å². The first-order chi connectivity index (χ1) is 54.4. The lowest BCUT2D eigenvalue weighted by Crippen LogP contribution is -2.53. The van der Waals surface area contributed by atoms with E-state index in [1.54, 1.807) is 47.9 Å². The van der Waals surface area contributed by atoms with Crippen LogP contribution in [-0.2, 0) is 38.1 Å². The zero-order valence-electron chi connectivity index (χ0n) is 67.9. The van der Waals surface area contributed by atoms with E-state index in [1.165, 1.54) is 0 Å². The van der Waals surface area contributed by atoms with Gasteiger partial charge in [-0.25, -0.2) is 9.59 Å². The van der Waals surface area contributed by atoms with E-state index < -0.39 is 60.5 Å². The summed E-state index contributed by atoms with van der Waals surface area (Å²) in [6.07, 6.45) is 0. The van der Waals surface area contributed by atoms with Crippen molar-refractivity contribution in [1.29, 1.82) is 0 Å². The Bertz CT molecular complexity index is 4790. The number of benzene rings is 9. The Balaban J connectivity index is 1.02. The highest BCUT2D eigenvalue weighted by molar-refractivity contribution is 6.45. The molecule has 4 aliphatic heterocycles. The quantitative estimate of drug-likeness (QED) is 0.0102. The summed E-state index contributed by atoms with van der Waals surface area (Å²) < 4.78 is 51.7. The Kier molecular flexibility index (Phi) is 24.1. The maximum absolute atomic E-state index is 16.2. The fraction of sp³-hybridized carbons (Fsp3) is 0.391. The van der Waals surface area contributed by atoms with Gasteiger partial charge in [0.15, 0.2) is 0 Å². The largest absolute Gasteiger partial charge is 0.460 e. The molecule has 9 aromatic carbocycles. The molecule has 4 aliphatic rings. The van der Waals surface area contributed by atoms with Gasteiger partial charge in [0.2, 0.25) is 11.8 Å². The van der Waals surface area contributed by atoms with E-state index in [0.29, 0.717) is 145 Å². The predicted molar refractivity (Wildman–Crippen MR) is 439 cm³/mol. The minimum atomic E-state index is -0.755. The van der Waals surface area contributed by atoms with Crippen LogP contribution in [0.3, 0.4) is 0 Å². The van der Waals surface area contributed by atoms with Gasteiger partial charge < -0.3 is 47.7 Å². The van der Waals surface area contributed by atoms with Crippen LogP contribution < -0.4 is 18.9 Å². The Morgan fingerprint density at radius 1 is 0.342 bits per heavy atom. The molecule has 0 aliphatic carbocycles. The molecule has 0 saturated carbocycles. The summed E-state index contributed by atoms with van der Waals surface area (Å²) >= 11 is 0. The third kappa shape index (κ3) is 17.1. The lowest BCUT2D eigenvalue weighted by Gasteiger charge is -2.36. The average Bonchev–Trinajstić information content (AvgIpc) is 0.671. The van der Waals surface area contributed by atoms with Crippen LogP contribution >= 0.6 is 0 Å². The molecule has 596 valence electrons. The molecule has 4 heterocycles. The number of aryl methyl sites for hydroxylation is 4. The standard InChI is InChI=1S/C92H102N6O16/c1-51(2)61-33-57(13)37-65(41-61)111-73-45-69-79-70(88(102)97(87(69)101)49-77(99)95-21-17-93(18-22-95)25-27-107-29-31-109-91(105)55(9)10)47-75(113-67-39-59(15)35-63(43-67)53(5)6)83-84-76(114-68-40-60(16)36-64(44-68)54(7)8)48-72-80-71(46-74(82(86(80)84)81(73)85(79)83)112-66-38-58(14)34-62(42-66)52(3)4)89(103)98(90(72)104)50-78(100)96-23-19-94(20-24-96)26-28-108-30-32-110-92(106)56(11)12/h33-48,51-54H,9,11,17-32,49-50H2,1-8,10,12-16H3. The number of imide groups is 2. The molecule has 114 heavy (non-hydrogen) atoms. The van der Waals surface area contributed by atoms with Crippen LogP contribution in [0.25, 0.3) is 43.1 Å². The topological polar surface area (TPSA) is 230 Å². The summed E-state index contributed by atoms with van der Waals surface area (Å²) in [6.45, 7) is 39.4. The summed E-state index contributed by atoms with van der Waals surface area (Å²) in [5.74, 6) is -2.53. The van der Waals surface area contributed by atoms with Crippen LogP contribution in [0, 0.1) is 27.7 Å². The van der Waals surface area contributed by atoms with E-state index in [-0.39, 0.29) is 106 Å². The SMILES string of the molecule is C=C(C)C(=O)OCCOCCN1CCN(C(=O)CN2C(=O)c3cc(Oc4cc(C)cc(C(C)C)c4)c4c5c(Oc6cc(C)cc(C(C)C)c6)cc6c7c(cc(Oc8cc(C)cc(C(C)C)c8)c(c8c(Oc9cc(C)cc(C(C)C)c9)cc(c3c48)C2=O)c75)C(=O)N(CC(=O)N2CCN(CCOCCOC(=O)C(=C)C)CC2)C6=O)CC1. The molecule has 0 bridgehead atoms. The highest BCUT2D eigenvalue weighted by Gasteiger charge is 2.44. The van der Waals surface area contributed by atoms with Gasteiger partial charge in [0, 0.05) is 120 Å². The number of fused-ring (bicyclic) bond motifs is 2. The molecule has 22 nitrogen and oxygen atoms in total. The van der Waals surface area contributed by atoms with E-state index in [4.69, 9.17) is 37.9 Å². The zero-order valence-corrected chi connectivity index (χ0v) is 67.9. The number of carbonyl (C=O) groups excluding carboxylic acids is 8. The molecule has 13 rings (SSSR count). The Hall–Kier alpha value is -11.0. The normalized spacial score (nSPS) is 14.8. The molecule has 22 heteroatoms. The van der Waals surface area contributed by atoms with Crippen LogP contribution in [0.2, 0.25) is 0 Å². The summed E-state index contributed by atoms with van der Waals surface area (Å²) in [6, 6.07) is 30.3. The van der Waals surface area contributed by atoms with Crippen molar-refractivity contribution >= 4 is 90.5 Å². The van der Waals surface area contributed by atoms with Crippen LogP contribution in [0.4, 0.5) is 0 Å². The van der Waals surface area contributed by atoms with Gasteiger partial charge in [0.25, 0.3) is 23.6 Å². The van der Waals surface area contributed by atoms with Gasteiger partial charge in [0.05, 0.1) is 48.7 Å². The van der Waals surface area contributed by atoms with Gasteiger partial charge in [-0.05, 0) is 183 Å². The Morgan fingerprint density at radius 2 is 0.605 bits per heavy atom. The number of esters is 2. The lowest BCUT2D eigenvalue weighted by molar-refractivity contribution is -0.141. The first kappa shape index (κ1) is 81.0. The molecule has 0 N–H and O–H groups in total. The Morgan fingerprint density at radius 3 is 0.851 bits per heavy atom. The van der Waals surface area contributed by atoms with Crippen LogP contribution in [0.15, 0.2) is 121 Å². The summed E-state index contributed by atoms with van der Waals surface area (Å²) in [4.78, 5) is 128. The molecular weight excluding hydrogens is 1450 g/mol. The molecule has 0 radical (unpaired) electrons. The van der Waals surface area contributed by atoms with Crippen LogP contribution in [0.5, 0.6) is 46.0 Å². The Labute approximate surface area is 665 Å². The first-order valence-electron chi connectivity index (χ1n) is 39.5. The fourth-order valence-corrected chi connectivity index (χ4v) is 15.5. The van der Waals surface area contributed by atoms with Gasteiger partial charge in [-0.1, -0.05) is 92.8 Å². The van der Waals surface area contributed by atoms with E-state index in [2.05, 4.69) is 103 Å². The number of nitrogens with zero attached hydrogens (tertiary/aromatic N) is 6. The van der Waals surface area contributed by atoms with Crippen molar-refractivity contribution in [2.24, 2.45) is 0 Å². The van der Waals surface area contributed by atoms with Crippen LogP contribution in [-0.4, -0.2) is 195 Å². The number of hydrogen-bond acceptors (Lipinski definition) is 18. The highest BCUT2D eigenvalue weighted by Crippen LogP contribution is 2.58. The number of rotatable bonds is 30. The smallest absolute Gasteiger partial charge is 0.333 e. The third-order valence-electron chi connectivity index (χ3n) is 21.7. The maximum Gasteiger partial charge on any atom is 0.333 e. The molecule has 6 amide bonds. The van der Waals surface area contributed by atoms with E-state index in [9.17, 15) is 19.2 Å².